The first-order valence-electron chi connectivity index (χ1n) is 9.98. The van der Waals surface area contributed by atoms with Gasteiger partial charge in [-0.15, -0.1) is 0 Å². The number of nitrogens with zero attached hydrogens (tertiary/aromatic N) is 3. The van der Waals surface area contributed by atoms with Gasteiger partial charge in [0.05, 0.1) is 12.8 Å². The predicted molar refractivity (Wildman–Crippen MR) is 107 cm³/mol. The summed E-state index contributed by atoms with van der Waals surface area (Å²) < 4.78 is 6.78. The first-order chi connectivity index (χ1) is 13.3. The molecule has 3 rings (SSSR count). The summed E-state index contributed by atoms with van der Waals surface area (Å²) in [6.45, 7) is 6.02. The second kappa shape index (κ2) is 7.89. The lowest BCUT2D eigenvalue weighted by atomic mass is 9.81. The van der Waals surface area contributed by atoms with E-state index >= 15 is 0 Å². The number of rotatable bonds is 5. The van der Waals surface area contributed by atoms with Gasteiger partial charge in [0.15, 0.2) is 5.65 Å². The van der Waals surface area contributed by atoms with Crippen LogP contribution in [0.2, 0.25) is 0 Å². The number of pyridine rings is 1. The second-order valence-electron chi connectivity index (χ2n) is 7.89. The third-order valence-corrected chi connectivity index (χ3v) is 5.99. The molecule has 152 valence electrons. The molecule has 28 heavy (non-hydrogen) atoms. The van der Waals surface area contributed by atoms with Crippen molar-refractivity contribution in [2.24, 2.45) is 7.05 Å². The molecular formula is C21H30N4O3. The number of carbonyl (C=O) groups is 2. The minimum absolute atomic E-state index is 0.117. The van der Waals surface area contributed by atoms with Crippen molar-refractivity contribution in [3.8, 4) is 0 Å². The van der Waals surface area contributed by atoms with E-state index in [1.807, 2.05) is 20.9 Å². The van der Waals surface area contributed by atoms with Crippen LogP contribution >= 0.6 is 0 Å². The summed E-state index contributed by atoms with van der Waals surface area (Å²) in [7, 11) is 3.28. The van der Waals surface area contributed by atoms with Crippen LogP contribution in [0.4, 0.5) is 0 Å². The molecule has 0 atom stereocenters. The fourth-order valence-corrected chi connectivity index (χ4v) is 4.53. The van der Waals surface area contributed by atoms with Crippen LogP contribution < -0.4 is 5.32 Å². The third-order valence-electron chi connectivity index (χ3n) is 5.99. The van der Waals surface area contributed by atoms with Crippen molar-refractivity contribution in [3.63, 3.8) is 0 Å². The molecule has 0 aromatic carbocycles. The maximum Gasteiger partial charge on any atom is 0.331 e. The lowest BCUT2D eigenvalue weighted by Crippen LogP contribution is -2.56. The van der Waals surface area contributed by atoms with E-state index in [4.69, 9.17) is 9.72 Å². The Morgan fingerprint density at radius 2 is 1.82 bits per heavy atom. The van der Waals surface area contributed by atoms with E-state index in [0.29, 0.717) is 25.7 Å². The Kier molecular flexibility index (Phi) is 5.72. The number of carbonyl (C=O) groups excluding carboxylic acids is 2. The Hall–Kier alpha value is -2.44. The molecule has 1 aliphatic carbocycles. The first kappa shape index (κ1) is 20.3. The highest BCUT2D eigenvalue weighted by Gasteiger charge is 2.41. The van der Waals surface area contributed by atoms with E-state index in [1.54, 1.807) is 4.68 Å². The lowest BCUT2D eigenvalue weighted by Gasteiger charge is -2.35. The van der Waals surface area contributed by atoms with Crippen molar-refractivity contribution < 1.29 is 14.3 Å². The molecule has 1 fully saturated rings. The molecule has 0 aliphatic heterocycles. The molecule has 2 aromatic rings. The van der Waals surface area contributed by atoms with Gasteiger partial charge in [0.1, 0.15) is 5.54 Å². The van der Waals surface area contributed by atoms with Crippen molar-refractivity contribution in [1.29, 1.82) is 0 Å². The number of amides is 1. The maximum absolute atomic E-state index is 12.7. The lowest BCUT2D eigenvalue weighted by molar-refractivity contribution is -0.152. The van der Waals surface area contributed by atoms with Crippen LogP contribution in [0, 0.1) is 20.8 Å². The Bertz CT molecular complexity index is 910. The summed E-state index contributed by atoms with van der Waals surface area (Å²) in [5, 5.41) is 8.52. The highest BCUT2D eigenvalue weighted by molar-refractivity contribution is 5.88. The topological polar surface area (TPSA) is 86.1 Å². The van der Waals surface area contributed by atoms with Crippen molar-refractivity contribution in [3.05, 3.63) is 22.5 Å². The number of hydrogen-bond donors (Lipinski definition) is 1. The molecule has 7 nitrogen and oxygen atoms in total. The van der Waals surface area contributed by atoms with E-state index in [2.05, 4.69) is 17.3 Å². The van der Waals surface area contributed by atoms with E-state index in [-0.39, 0.29) is 11.9 Å². The predicted octanol–water partition coefficient (Wildman–Crippen LogP) is 2.82. The van der Waals surface area contributed by atoms with E-state index in [9.17, 15) is 9.59 Å². The van der Waals surface area contributed by atoms with E-state index < -0.39 is 5.54 Å². The summed E-state index contributed by atoms with van der Waals surface area (Å²) in [5.74, 6) is -0.448. The van der Waals surface area contributed by atoms with Crippen LogP contribution in [-0.2, 0) is 27.8 Å². The van der Waals surface area contributed by atoms with Gasteiger partial charge in [0.2, 0.25) is 5.91 Å². The van der Waals surface area contributed by atoms with Crippen LogP contribution in [0.1, 0.15) is 61.0 Å². The highest BCUT2D eigenvalue weighted by atomic mass is 16.5. The Labute approximate surface area is 165 Å². The Balaban J connectivity index is 1.77. The fourth-order valence-electron chi connectivity index (χ4n) is 4.53. The van der Waals surface area contributed by atoms with Gasteiger partial charge in [-0.2, -0.15) is 5.10 Å². The van der Waals surface area contributed by atoms with Crippen LogP contribution in [0.25, 0.3) is 11.0 Å². The molecule has 0 unspecified atom stereocenters. The van der Waals surface area contributed by atoms with Gasteiger partial charge in [-0.3, -0.25) is 9.48 Å². The smallest absolute Gasteiger partial charge is 0.331 e. The number of ether oxygens (including phenoxy) is 1. The van der Waals surface area contributed by atoms with Crippen molar-refractivity contribution in [2.45, 2.75) is 71.3 Å². The maximum atomic E-state index is 12.7. The largest absolute Gasteiger partial charge is 0.467 e. The van der Waals surface area contributed by atoms with Gasteiger partial charge in [0.25, 0.3) is 0 Å². The molecule has 1 amide bonds. The quantitative estimate of drug-likeness (QED) is 0.799. The van der Waals surface area contributed by atoms with Gasteiger partial charge < -0.3 is 10.1 Å². The number of methoxy groups -OCH3 is 1. The zero-order chi connectivity index (χ0) is 20.5. The average Bonchev–Trinajstić information content (AvgIpc) is 2.95. The normalized spacial score (nSPS) is 16.2. The molecule has 1 aliphatic rings. The molecule has 0 bridgehead atoms. The van der Waals surface area contributed by atoms with Crippen molar-refractivity contribution >= 4 is 22.9 Å². The third kappa shape index (κ3) is 3.62. The number of nitrogens with one attached hydrogen (secondary N) is 1. The van der Waals surface area contributed by atoms with Crippen LogP contribution in [-0.4, -0.2) is 39.3 Å². The van der Waals surface area contributed by atoms with Gasteiger partial charge in [-0.25, -0.2) is 9.78 Å². The zero-order valence-corrected chi connectivity index (χ0v) is 17.5. The summed E-state index contributed by atoms with van der Waals surface area (Å²) in [5.41, 5.74) is 4.07. The fraction of sp³-hybridized carbons (Fsp3) is 0.619. The number of esters is 1. The molecule has 1 N–H and O–H groups in total. The first-order valence-corrected chi connectivity index (χ1v) is 9.98. The SMILES string of the molecule is COC(=O)C1(NC(=O)CCc2c(C)nc3c(c(C)nn3C)c2C)CCCCC1. The van der Waals surface area contributed by atoms with E-state index in [0.717, 1.165) is 52.8 Å². The van der Waals surface area contributed by atoms with Crippen molar-refractivity contribution in [2.75, 3.05) is 7.11 Å². The molecule has 0 radical (unpaired) electrons. The minimum atomic E-state index is -0.865. The molecule has 0 spiro atoms. The van der Waals surface area contributed by atoms with Crippen LogP contribution in [0.3, 0.4) is 0 Å². The second-order valence-corrected chi connectivity index (χ2v) is 7.89. The Morgan fingerprint density at radius 3 is 2.46 bits per heavy atom. The number of aromatic nitrogens is 3. The summed E-state index contributed by atoms with van der Waals surface area (Å²) >= 11 is 0. The van der Waals surface area contributed by atoms with Crippen molar-refractivity contribution in [1.82, 2.24) is 20.1 Å². The molecule has 1 saturated carbocycles. The summed E-state index contributed by atoms with van der Waals surface area (Å²) in [6.07, 6.45) is 5.12. The molecular weight excluding hydrogens is 356 g/mol. The monoisotopic (exact) mass is 386 g/mol. The summed E-state index contributed by atoms with van der Waals surface area (Å²) in [4.78, 5) is 29.7. The van der Waals surface area contributed by atoms with Crippen LogP contribution in [0.5, 0.6) is 0 Å². The molecule has 2 heterocycles. The van der Waals surface area contributed by atoms with Gasteiger partial charge in [0, 0.05) is 24.5 Å². The molecule has 7 heteroatoms. The molecule has 2 aromatic heterocycles. The highest BCUT2D eigenvalue weighted by Crippen LogP contribution is 2.30. The standard InChI is InChI=1S/C21H30N4O3/c1-13-16(14(2)22-19-18(13)15(3)24-25(19)4)9-10-17(26)23-21(20(27)28-5)11-7-6-8-12-21/h6-12H2,1-5H3,(H,23,26). The number of hydrogen-bond acceptors (Lipinski definition) is 5. The van der Waals surface area contributed by atoms with Crippen LogP contribution in [0.15, 0.2) is 0 Å². The summed E-state index contributed by atoms with van der Waals surface area (Å²) in [6, 6.07) is 0. The number of aryl methyl sites for hydroxylation is 4. The van der Waals surface area contributed by atoms with Gasteiger partial charge >= 0.3 is 5.97 Å². The minimum Gasteiger partial charge on any atom is -0.467 e. The number of fused-ring (bicyclic) bond motifs is 1. The Morgan fingerprint density at radius 1 is 1.14 bits per heavy atom. The molecule has 0 saturated heterocycles. The average molecular weight is 386 g/mol. The zero-order valence-electron chi connectivity index (χ0n) is 17.5. The van der Waals surface area contributed by atoms with E-state index in [1.165, 1.54) is 7.11 Å². The van der Waals surface area contributed by atoms with Gasteiger partial charge in [-0.05, 0) is 51.2 Å². The van der Waals surface area contributed by atoms with Gasteiger partial charge in [-0.1, -0.05) is 19.3 Å².